The maximum absolute atomic E-state index is 6.00. The van der Waals surface area contributed by atoms with Crippen molar-refractivity contribution in [2.75, 3.05) is 5.01 Å². The van der Waals surface area contributed by atoms with Gasteiger partial charge in [-0.3, -0.25) is 5.01 Å². The molecule has 21 heavy (non-hydrogen) atoms. The van der Waals surface area contributed by atoms with Gasteiger partial charge in [-0.2, -0.15) is 5.10 Å². The SMILES string of the molecule is Clc1ccc(N2N=C(c3ccccc3)[C@@H]3CCC[C@@H]32)cc1. The van der Waals surface area contributed by atoms with Crippen molar-refractivity contribution < 1.29 is 0 Å². The Morgan fingerprint density at radius 2 is 1.71 bits per heavy atom. The average Bonchev–Trinajstić information content (AvgIpc) is 3.11. The van der Waals surface area contributed by atoms with Crippen LogP contribution in [0.2, 0.25) is 5.02 Å². The number of hydrogen-bond donors (Lipinski definition) is 0. The number of anilines is 1. The van der Waals surface area contributed by atoms with Crippen LogP contribution in [0.25, 0.3) is 0 Å². The molecule has 2 nitrogen and oxygen atoms in total. The van der Waals surface area contributed by atoms with E-state index in [9.17, 15) is 0 Å². The lowest BCUT2D eigenvalue weighted by Crippen LogP contribution is -2.29. The van der Waals surface area contributed by atoms with Crippen LogP contribution in [0.5, 0.6) is 0 Å². The van der Waals surface area contributed by atoms with Gasteiger partial charge >= 0.3 is 0 Å². The highest BCUT2D eigenvalue weighted by Gasteiger charge is 2.41. The van der Waals surface area contributed by atoms with Crippen LogP contribution in [0.3, 0.4) is 0 Å². The molecule has 4 rings (SSSR count). The quantitative estimate of drug-likeness (QED) is 0.782. The summed E-state index contributed by atoms with van der Waals surface area (Å²) in [5.74, 6) is 0.558. The first-order chi connectivity index (χ1) is 10.3. The Kier molecular flexibility index (Phi) is 3.19. The van der Waals surface area contributed by atoms with Crippen LogP contribution < -0.4 is 5.01 Å². The number of halogens is 1. The van der Waals surface area contributed by atoms with Crippen LogP contribution in [0.4, 0.5) is 5.69 Å². The minimum atomic E-state index is 0.501. The van der Waals surface area contributed by atoms with Crippen molar-refractivity contribution in [1.82, 2.24) is 0 Å². The van der Waals surface area contributed by atoms with Crippen molar-refractivity contribution in [2.24, 2.45) is 11.0 Å². The van der Waals surface area contributed by atoms with Crippen molar-refractivity contribution in [2.45, 2.75) is 25.3 Å². The van der Waals surface area contributed by atoms with Crippen LogP contribution in [0.15, 0.2) is 59.7 Å². The molecular formula is C18H17ClN2. The third kappa shape index (κ3) is 2.24. The molecule has 3 heteroatoms. The first kappa shape index (κ1) is 12.9. The second kappa shape index (κ2) is 5.19. The van der Waals surface area contributed by atoms with Gasteiger partial charge in [0.1, 0.15) is 0 Å². The molecule has 0 N–H and O–H groups in total. The smallest absolute Gasteiger partial charge is 0.0734 e. The second-order valence-electron chi connectivity index (χ2n) is 5.78. The standard InChI is InChI=1S/C18H17ClN2/c19-14-9-11-15(12-10-14)21-17-8-4-7-16(17)18(20-21)13-5-2-1-3-6-13/h1-3,5-6,9-12,16-17H,4,7-8H2/t16-,17+/m1/s1. The number of fused-ring (bicyclic) bond motifs is 1. The molecule has 2 aromatic carbocycles. The summed E-state index contributed by atoms with van der Waals surface area (Å²) in [7, 11) is 0. The molecule has 0 spiro atoms. The van der Waals surface area contributed by atoms with E-state index in [1.165, 1.54) is 30.5 Å². The fraction of sp³-hybridized carbons (Fsp3) is 0.278. The van der Waals surface area contributed by atoms with E-state index in [1.54, 1.807) is 0 Å². The third-order valence-electron chi connectivity index (χ3n) is 4.52. The average molecular weight is 297 g/mol. The number of nitrogens with zero attached hydrogens (tertiary/aromatic N) is 2. The highest BCUT2D eigenvalue weighted by Crippen LogP contribution is 2.40. The largest absolute Gasteiger partial charge is 0.262 e. The van der Waals surface area contributed by atoms with Crippen molar-refractivity contribution in [3.8, 4) is 0 Å². The van der Waals surface area contributed by atoms with Gasteiger partial charge in [0.15, 0.2) is 0 Å². The molecule has 2 aliphatic rings. The van der Waals surface area contributed by atoms with E-state index in [1.807, 2.05) is 12.1 Å². The number of benzene rings is 2. The van der Waals surface area contributed by atoms with Gasteiger partial charge in [0, 0.05) is 10.9 Å². The Bertz CT molecular complexity index is 663. The molecule has 0 radical (unpaired) electrons. The Morgan fingerprint density at radius 3 is 2.48 bits per heavy atom. The first-order valence-corrected chi connectivity index (χ1v) is 7.89. The van der Waals surface area contributed by atoms with Gasteiger partial charge in [-0.1, -0.05) is 48.4 Å². The second-order valence-corrected chi connectivity index (χ2v) is 6.21. The van der Waals surface area contributed by atoms with E-state index in [4.69, 9.17) is 16.7 Å². The highest BCUT2D eigenvalue weighted by molar-refractivity contribution is 6.30. The predicted octanol–water partition coefficient (Wildman–Crippen LogP) is 4.73. The van der Waals surface area contributed by atoms with E-state index >= 15 is 0 Å². The molecule has 1 aliphatic heterocycles. The van der Waals surface area contributed by atoms with E-state index in [0.717, 1.165) is 10.7 Å². The van der Waals surface area contributed by atoms with Gasteiger partial charge in [-0.15, -0.1) is 0 Å². The van der Waals surface area contributed by atoms with Crippen LogP contribution >= 0.6 is 11.6 Å². The van der Waals surface area contributed by atoms with Crippen LogP contribution in [0, 0.1) is 5.92 Å². The van der Waals surface area contributed by atoms with E-state index in [2.05, 4.69) is 47.5 Å². The summed E-state index contributed by atoms with van der Waals surface area (Å²) in [6.07, 6.45) is 3.74. The van der Waals surface area contributed by atoms with Gasteiger partial charge in [0.05, 0.1) is 17.4 Å². The lowest BCUT2D eigenvalue weighted by Gasteiger charge is -2.22. The zero-order valence-corrected chi connectivity index (χ0v) is 12.5. The fourth-order valence-electron chi connectivity index (χ4n) is 3.54. The predicted molar refractivity (Wildman–Crippen MR) is 88.0 cm³/mol. The third-order valence-corrected chi connectivity index (χ3v) is 4.77. The molecule has 1 fully saturated rings. The van der Waals surface area contributed by atoms with Crippen molar-refractivity contribution in [1.29, 1.82) is 0 Å². The van der Waals surface area contributed by atoms with Crippen molar-refractivity contribution >= 4 is 23.0 Å². The summed E-state index contributed by atoms with van der Waals surface area (Å²) in [4.78, 5) is 0. The summed E-state index contributed by atoms with van der Waals surface area (Å²) in [5, 5.41) is 7.93. The fourth-order valence-corrected chi connectivity index (χ4v) is 3.67. The van der Waals surface area contributed by atoms with Crippen molar-refractivity contribution in [3.63, 3.8) is 0 Å². The highest BCUT2D eigenvalue weighted by atomic mass is 35.5. The zero-order chi connectivity index (χ0) is 14.2. The van der Waals surface area contributed by atoms with Gasteiger partial charge in [0.25, 0.3) is 0 Å². The molecular weight excluding hydrogens is 280 g/mol. The number of rotatable bonds is 2. The van der Waals surface area contributed by atoms with Gasteiger partial charge < -0.3 is 0 Å². The zero-order valence-electron chi connectivity index (χ0n) is 11.7. The summed E-state index contributed by atoms with van der Waals surface area (Å²) >= 11 is 6.00. The Balaban J connectivity index is 1.74. The van der Waals surface area contributed by atoms with Gasteiger partial charge in [0.2, 0.25) is 0 Å². The molecule has 106 valence electrons. The maximum atomic E-state index is 6.00. The molecule has 0 saturated heterocycles. The lowest BCUT2D eigenvalue weighted by molar-refractivity contribution is 0.602. The van der Waals surface area contributed by atoms with E-state index < -0.39 is 0 Å². The number of hydrazone groups is 1. The molecule has 0 aromatic heterocycles. The molecule has 0 amide bonds. The minimum Gasteiger partial charge on any atom is -0.262 e. The monoisotopic (exact) mass is 296 g/mol. The van der Waals surface area contributed by atoms with Crippen molar-refractivity contribution in [3.05, 3.63) is 65.2 Å². The molecule has 1 saturated carbocycles. The van der Waals surface area contributed by atoms with Crippen LogP contribution in [-0.4, -0.2) is 11.8 Å². The van der Waals surface area contributed by atoms with E-state index in [-0.39, 0.29) is 0 Å². The summed E-state index contributed by atoms with van der Waals surface area (Å²) in [5.41, 5.74) is 3.64. The molecule has 2 aromatic rings. The molecule has 0 bridgehead atoms. The maximum Gasteiger partial charge on any atom is 0.0734 e. The Labute approximate surface area is 130 Å². The minimum absolute atomic E-state index is 0.501. The van der Waals surface area contributed by atoms with Gasteiger partial charge in [-0.25, -0.2) is 0 Å². The summed E-state index contributed by atoms with van der Waals surface area (Å²) in [6, 6.07) is 19.1. The Morgan fingerprint density at radius 1 is 0.952 bits per heavy atom. The molecule has 1 heterocycles. The van der Waals surface area contributed by atoms with Crippen LogP contribution in [0.1, 0.15) is 24.8 Å². The normalized spacial score (nSPS) is 24.0. The number of hydrogen-bond acceptors (Lipinski definition) is 2. The topological polar surface area (TPSA) is 15.6 Å². The molecule has 0 unspecified atom stereocenters. The first-order valence-electron chi connectivity index (χ1n) is 7.51. The Hall–Kier alpha value is -1.80. The van der Waals surface area contributed by atoms with Gasteiger partial charge in [-0.05, 0) is 42.7 Å². The lowest BCUT2D eigenvalue weighted by atomic mass is 9.93. The van der Waals surface area contributed by atoms with E-state index in [0.29, 0.717) is 12.0 Å². The summed E-state index contributed by atoms with van der Waals surface area (Å²) in [6.45, 7) is 0. The molecule has 2 atom stereocenters. The summed E-state index contributed by atoms with van der Waals surface area (Å²) < 4.78 is 0. The van der Waals surface area contributed by atoms with Crippen LogP contribution in [-0.2, 0) is 0 Å². The molecule has 1 aliphatic carbocycles.